The lowest BCUT2D eigenvalue weighted by Crippen LogP contribution is -2.48. The molecule has 0 saturated carbocycles. The van der Waals surface area contributed by atoms with Crippen molar-refractivity contribution in [2.24, 2.45) is 5.73 Å². The zero-order valence-corrected chi connectivity index (χ0v) is 15.8. The van der Waals surface area contributed by atoms with E-state index < -0.39 is 34.5 Å². The van der Waals surface area contributed by atoms with E-state index in [1.54, 1.807) is 30.4 Å². The van der Waals surface area contributed by atoms with Crippen molar-refractivity contribution in [2.45, 2.75) is 10.9 Å². The van der Waals surface area contributed by atoms with Crippen molar-refractivity contribution in [3.8, 4) is 0 Å². The molecule has 1 aromatic heterocycles. The van der Waals surface area contributed by atoms with Gasteiger partial charge in [-0.15, -0.1) is 11.3 Å². The summed E-state index contributed by atoms with van der Waals surface area (Å²) in [4.78, 5) is 24.7. The first-order valence-corrected chi connectivity index (χ1v) is 10.2. The number of carbonyl (C=O) groups excluding carboxylic acids is 1. The Labute approximate surface area is 160 Å². The Morgan fingerprint density at radius 3 is 2.52 bits per heavy atom. The number of aliphatic carboxylic acids is 1. The van der Waals surface area contributed by atoms with Crippen molar-refractivity contribution < 1.29 is 23.1 Å². The molecule has 1 aromatic carbocycles. The molecule has 0 bridgehead atoms. The van der Waals surface area contributed by atoms with Crippen molar-refractivity contribution in [2.75, 3.05) is 13.1 Å². The number of amides is 1. The Hall–Kier alpha value is -2.53. The maximum atomic E-state index is 12.3. The Balaban J connectivity index is 2.02. The Kier molecular flexibility index (Phi) is 7.25. The molecular formula is C17H19N3O5S2. The molecule has 27 heavy (non-hydrogen) atoms. The van der Waals surface area contributed by atoms with E-state index in [1.165, 1.54) is 35.6 Å². The molecule has 5 N–H and O–H groups in total. The third-order valence-electron chi connectivity index (χ3n) is 3.38. The smallest absolute Gasteiger partial charge is 0.323 e. The molecule has 0 radical (unpaired) electrons. The predicted octanol–water partition coefficient (Wildman–Crippen LogP) is 0.881. The number of sulfonamides is 1. The van der Waals surface area contributed by atoms with E-state index in [0.717, 1.165) is 4.88 Å². The number of hydrogen-bond donors (Lipinski definition) is 4. The molecule has 1 heterocycles. The van der Waals surface area contributed by atoms with Crippen molar-refractivity contribution in [1.82, 2.24) is 10.0 Å². The van der Waals surface area contributed by atoms with Crippen LogP contribution in [-0.2, 0) is 14.8 Å². The van der Waals surface area contributed by atoms with Gasteiger partial charge in [0.25, 0.3) is 5.91 Å². The zero-order valence-electron chi connectivity index (χ0n) is 14.2. The molecule has 1 atom stereocenters. The maximum absolute atomic E-state index is 12.3. The van der Waals surface area contributed by atoms with Gasteiger partial charge in [0.2, 0.25) is 10.0 Å². The summed E-state index contributed by atoms with van der Waals surface area (Å²) in [6.45, 7) is -0.0205. The quantitative estimate of drug-likeness (QED) is 0.485. The number of carbonyl (C=O) groups is 2. The molecule has 1 amide bonds. The SMILES string of the molecule is NCC=Cc1ccc(C(=O)NC[C@H](NS(=O)(=O)c2ccccc2)C(=O)O)s1. The average molecular weight is 409 g/mol. The van der Waals surface area contributed by atoms with Gasteiger partial charge >= 0.3 is 5.97 Å². The molecule has 0 fully saturated rings. The van der Waals surface area contributed by atoms with Crippen LogP contribution in [0.25, 0.3) is 6.08 Å². The molecule has 0 aliphatic carbocycles. The zero-order chi connectivity index (χ0) is 19.9. The van der Waals surface area contributed by atoms with Crippen molar-refractivity contribution in [3.63, 3.8) is 0 Å². The Bertz CT molecular complexity index is 923. The highest BCUT2D eigenvalue weighted by atomic mass is 32.2. The van der Waals surface area contributed by atoms with Gasteiger partial charge in [0.15, 0.2) is 0 Å². The molecule has 10 heteroatoms. The second-order valence-corrected chi connectivity index (χ2v) is 8.20. The first-order chi connectivity index (χ1) is 12.8. The van der Waals surface area contributed by atoms with E-state index in [1.807, 2.05) is 0 Å². The van der Waals surface area contributed by atoms with Crippen LogP contribution in [0.1, 0.15) is 14.5 Å². The monoisotopic (exact) mass is 409 g/mol. The van der Waals surface area contributed by atoms with E-state index >= 15 is 0 Å². The van der Waals surface area contributed by atoms with Gasteiger partial charge in [-0.2, -0.15) is 4.72 Å². The Morgan fingerprint density at radius 2 is 1.89 bits per heavy atom. The van der Waals surface area contributed by atoms with Gasteiger partial charge in [0, 0.05) is 18.0 Å². The molecule has 2 aromatic rings. The number of nitrogens with two attached hydrogens (primary N) is 1. The summed E-state index contributed by atoms with van der Waals surface area (Å²) in [5.41, 5.74) is 5.37. The van der Waals surface area contributed by atoms with Crippen molar-refractivity contribution in [3.05, 3.63) is 58.3 Å². The summed E-state index contributed by atoms with van der Waals surface area (Å²) in [5.74, 6) is -1.88. The predicted molar refractivity (Wildman–Crippen MR) is 103 cm³/mol. The van der Waals surface area contributed by atoms with Gasteiger partial charge in [-0.1, -0.05) is 24.3 Å². The van der Waals surface area contributed by atoms with Gasteiger partial charge < -0.3 is 16.2 Å². The molecule has 0 aliphatic heterocycles. The fourth-order valence-corrected chi connectivity index (χ4v) is 4.13. The van der Waals surface area contributed by atoms with Gasteiger partial charge in [0.1, 0.15) is 6.04 Å². The largest absolute Gasteiger partial charge is 0.480 e. The summed E-state index contributed by atoms with van der Waals surface area (Å²) in [6, 6.07) is 9.23. The van der Waals surface area contributed by atoms with Gasteiger partial charge in [-0.3, -0.25) is 9.59 Å². The molecular weight excluding hydrogens is 390 g/mol. The van der Waals surface area contributed by atoms with Crippen LogP contribution >= 0.6 is 11.3 Å². The summed E-state index contributed by atoms with van der Waals surface area (Å²) in [6.07, 6.45) is 3.52. The third kappa shape index (κ3) is 6.00. The number of carboxylic acids is 1. The minimum atomic E-state index is -4.02. The third-order valence-corrected chi connectivity index (χ3v) is 5.92. The highest BCUT2D eigenvalue weighted by Gasteiger charge is 2.26. The number of carboxylic acid groups (broad SMARTS) is 1. The van der Waals surface area contributed by atoms with Crippen LogP contribution in [0.15, 0.2) is 53.4 Å². The first-order valence-electron chi connectivity index (χ1n) is 7.88. The normalized spacial score (nSPS) is 12.8. The highest BCUT2D eigenvalue weighted by Crippen LogP contribution is 2.17. The number of benzene rings is 1. The van der Waals surface area contributed by atoms with E-state index in [9.17, 15) is 23.1 Å². The van der Waals surface area contributed by atoms with Crippen LogP contribution in [0.5, 0.6) is 0 Å². The lowest BCUT2D eigenvalue weighted by molar-refractivity contribution is -0.138. The van der Waals surface area contributed by atoms with Crippen LogP contribution in [0, 0.1) is 0 Å². The van der Waals surface area contributed by atoms with E-state index in [0.29, 0.717) is 11.4 Å². The fraction of sp³-hybridized carbons (Fsp3) is 0.176. The van der Waals surface area contributed by atoms with Crippen molar-refractivity contribution >= 4 is 39.3 Å². The van der Waals surface area contributed by atoms with Crippen LogP contribution < -0.4 is 15.8 Å². The summed E-state index contributed by atoms with van der Waals surface area (Å²) in [7, 11) is -4.02. The summed E-state index contributed by atoms with van der Waals surface area (Å²) >= 11 is 1.21. The first kappa shape index (κ1) is 20.8. The Morgan fingerprint density at radius 1 is 1.19 bits per heavy atom. The summed E-state index contributed by atoms with van der Waals surface area (Å²) in [5, 5.41) is 11.7. The van der Waals surface area contributed by atoms with E-state index in [-0.39, 0.29) is 4.90 Å². The fourth-order valence-electron chi connectivity index (χ4n) is 2.06. The number of rotatable bonds is 9. The van der Waals surface area contributed by atoms with Gasteiger partial charge in [-0.05, 0) is 30.3 Å². The van der Waals surface area contributed by atoms with E-state index in [2.05, 4.69) is 10.0 Å². The standard InChI is InChI=1S/C17H19N3O5S2/c18-10-4-5-12-8-9-15(26-12)16(21)19-11-14(17(22)23)20-27(24,25)13-6-2-1-3-7-13/h1-9,14,20H,10-11,18H2,(H,19,21)(H,22,23)/t14-/m0/s1. The molecule has 144 valence electrons. The second-order valence-electron chi connectivity index (χ2n) is 5.38. The van der Waals surface area contributed by atoms with Crippen LogP contribution in [0.4, 0.5) is 0 Å². The summed E-state index contributed by atoms with van der Waals surface area (Å²) < 4.78 is 26.6. The van der Waals surface area contributed by atoms with Gasteiger partial charge in [0.05, 0.1) is 9.77 Å². The molecule has 2 rings (SSSR count). The topological polar surface area (TPSA) is 139 Å². The highest BCUT2D eigenvalue weighted by molar-refractivity contribution is 7.89. The van der Waals surface area contributed by atoms with Crippen LogP contribution in [0.2, 0.25) is 0 Å². The minimum Gasteiger partial charge on any atom is -0.480 e. The second kappa shape index (κ2) is 9.42. The maximum Gasteiger partial charge on any atom is 0.323 e. The lowest BCUT2D eigenvalue weighted by atomic mass is 10.3. The van der Waals surface area contributed by atoms with Crippen LogP contribution in [0.3, 0.4) is 0 Å². The molecule has 8 nitrogen and oxygen atoms in total. The minimum absolute atomic E-state index is 0.0582. The molecule has 0 unspecified atom stereocenters. The number of nitrogens with one attached hydrogen (secondary N) is 2. The molecule has 0 saturated heterocycles. The average Bonchev–Trinajstić information content (AvgIpc) is 3.12. The van der Waals surface area contributed by atoms with Gasteiger partial charge in [-0.25, -0.2) is 8.42 Å². The lowest BCUT2D eigenvalue weighted by Gasteiger charge is -2.15. The molecule has 0 spiro atoms. The van der Waals surface area contributed by atoms with Crippen molar-refractivity contribution in [1.29, 1.82) is 0 Å². The number of hydrogen-bond acceptors (Lipinski definition) is 6. The van der Waals surface area contributed by atoms with E-state index in [4.69, 9.17) is 5.73 Å². The van der Waals surface area contributed by atoms with Crippen LogP contribution in [-0.4, -0.2) is 44.5 Å². The number of thiophene rings is 1. The molecule has 0 aliphatic rings.